The molecule has 0 aromatic heterocycles. The van der Waals surface area contributed by atoms with Crippen LogP contribution in [0.3, 0.4) is 0 Å². The predicted molar refractivity (Wildman–Crippen MR) is 91.6 cm³/mol. The maximum absolute atomic E-state index is 13.3. The third kappa shape index (κ3) is 4.91. The van der Waals surface area contributed by atoms with Gasteiger partial charge in [0.15, 0.2) is 0 Å². The van der Waals surface area contributed by atoms with Crippen molar-refractivity contribution in [2.45, 2.75) is 19.2 Å². The lowest BCUT2D eigenvalue weighted by molar-refractivity contribution is 0.422. The van der Waals surface area contributed by atoms with Gasteiger partial charge in [-0.3, -0.25) is 0 Å². The van der Waals surface area contributed by atoms with E-state index in [1.165, 1.54) is 22.5 Å². The van der Waals surface area contributed by atoms with Crippen LogP contribution in [-0.2, 0) is 22.3 Å². The first kappa shape index (κ1) is 18.2. The average Bonchev–Trinajstić information content (AvgIpc) is 2.48. The van der Waals surface area contributed by atoms with Crippen molar-refractivity contribution in [1.29, 1.82) is 0 Å². The maximum atomic E-state index is 13.3. The highest BCUT2D eigenvalue weighted by atomic mass is 35.5. The summed E-state index contributed by atoms with van der Waals surface area (Å²) in [6.45, 7) is 2.16. The Balaban J connectivity index is 2.19. The molecule has 0 heterocycles. The number of rotatable bonds is 6. The van der Waals surface area contributed by atoms with Crippen molar-refractivity contribution >= 4 is 33.2 Å². The molecule has 0 saturated heterocycles. The topological polar surface area (TPSA) is 37.4 Å². The molecule has 2 aromatic rings. The molecule has 0 fully saturated rings. The highest BCUT2D eigenvalue weighted by Gasteiger charge is 2.21. The van der Waals surface area contributed by atoms with E-state index in [-0.39, 0.29) is 18.1 Å². The Bertz CT molecular complexity index is 796. The minimum atomic E-state index is -3.56. The highest BCUT2D eigenvalue weighted by molar-refractivity contribution is 7.88. The lowest BCUT2D eigenvalue weighted by Gasteiger charge is -2.21. The monoisotopic (exact) mass is 375 g/mol. The van der Waals surface area contributed by atoms with Crippen LogP contribution in [0, 0.1) is 5.82 Å². The first-order valence-corrected chi connectivity index (χ1v) is 9.34. The Morgan fingerprint density at radius 2 is 1.78 bits per heavy atom. The second kappa shape index (κ2) is 7.62. The van der Waals surface area contributed by atoms with Gasteiger partial charge < -0.3 is 0 Å². The summed E-state index contributed by atoms with van der Waals surface area (Å²) in [6.07, 6.45) is 0. The summed E-state index contributed by atoms with van der Waals surface area (Å²) in [7, 11) is -3.56. The van der Waals surface area contributed by atoms with Gasteiger partial charge in [0.1, 0.15) is 5.82 Å². The molecule has 0 aliphatic carbocycles. The first-order valence-electron chi connectivity index (χ1n) is 6.98. The Hall–Kier alpha value is -1.14. The van der Waals surface area contributed by atoms with E-state index < -0.39 is 10.0 Å². The van der Waals surface area contributed by atoms with Gasteiger partial charge in [0.2, 0.25) is 10.0 Å². The zero-order valence-electron chi connectivity index (χ0n) is 12.5. The Morgan fingerprint density at radius 3 is 2.39 bits per heavy atom. The SMILES string of the molecule is CCN(Cc1cccc(F)c1)S(=O)(=O)Cc1ccc(Cl)c(Cl)c1. The number of benzene rings is 2. The van der Waals surface area contributed by atoms with Gasteiger partial charge in [0, 0.05) is 13.1 Å². The zero-order chi connectivity index (χ0) is 17.0. The normalized spacial score (nSPS) is 11.9. The number of hydrogen-bond acceptors (Lipinski definition) is 2. The summed E-state index contributed by atoms with van der Waals surface area (Å²) in [4.78, 5) is 0. The van der Waals surface area contributed by atoms with Gasteiger partial charge in [0.05, 0.1) is 15.8 Å². The van der Waals surface area contributed by atoms with E-state index in [1.807, 2.05) is 0 Å². The fourth-order valence-corrected chi connectivity index (χ4v) is 4.02. The standard InChI is InChI=1S/C16H16Cl2FNO2S/c1-2-20(10-12-4-3-5-14(19)8-12)23(21,22)11-13-6-7-15(17)16(18)9-13/h3-9H,2,10-11H2,1H3. The summed E-state index contributed by atoms with van der Waals surface area (Å²) in [6, 6.07) is 10.6. The molecule has 0 saturated carbocycles. The van der Waals surface area contributed by atoms with Gasteiger partial charge in [-0.2, -0.15) is 4.31 Å². The zero-order valence-corrected chi connectivity index (χ0v) is 14.8. The van der Waals surface area contributed by atoms with Crippen LogP contribution in [0.2, 0.25) is 10.0 Å². The number of halogens is 3. The molecule has 0 bridgehead atoms. The molecule has 7 heteroatoms. The highest BCUT2D eigenvalue weighted by Crippen LogP contribution is 2.24. The number of sulfonamides is 1. The summed E-state index contributed by atoms with van der Waals surface area (Å²) in [5.41, 5.74) is 1.15. The minimum Gasteiger partial charge on any atom is -0.212 e. The second-order valence-electron chi connectivity index (χ2n) is 5.06. The fraction of sp³-hybridized carbons (Fsp3) is 0.250. The van der Waals surface area contributed by atoms with E-state index in [0.29, 0.717) is 27.7 Å². The maximum Gasteiger partial charge on any atom is 0.218 e. The second-order valence-corrected chi connectivity index (χ2v) is 7.84. The average molecular weight is 376 g/mol. The van der Waals surface area contributed by atoms with Crippen molar-refractivity contribution in [2.24, 2.45) is 0 Å². The van der Waals surface area contributed by atoms with Crippen LogP contribution in [0.1, 0.15) is 18.1 Å². The molecular weight excluding hydrogens is 360 g/mol. The molecule has 3 nitrogen and oxygen atoms in total. The first-order chi connectivity index (χ1) is 10.8. The molecule has 0 unspecified atom stereocenters. The van der Waals surface area contributed by atoms with E-state index in [9.17, 15) is 12.8 Å². The fourth-order valence-electron chi connectivity index (χ4n) is 2.18. The van der Waals surface area contributed by atoms with Gasteiger partial charge in [-0.15, -0.1) is 0 Å². The van der Waals surface area contributed by atoms with Crippen LogP contribution in [0.5, 0.6) is 0 Å². The van der Waals surface area contributed by atoms with Gasteiger partial charge in [0.25, 0.3) is 0 Å². The van der Waals surface area contributed by atoms with Crippen molar-refractivity contribution in [3.05, 3.63) is 69.5 Å². The van der Waals surface area contributed by atoms with E-state index in [2.05, 4.69) is 0 Å². The van der Waals surface area contributed by atoms with E-state index in [4.69, 9.17) is 23.2 Å². The molecule has 0 aliphatic rings. The molecule has 0 atom stereocenters. The third-order valence-electron chi connectivity index (χ3n) is 3.33. The van der Waals surface area contributed by atoms with Gasteiger partial charge >= 0.3 is 0 Å². The molecule has 0 radical (unpaired) electrons. The van der Waals surface area contributed by atoms with Gasteiger partial charge in [-0.05, 0) is 35.4 Å². The lowest BCUT2D eigenvalue weighted by Crippen LogP contribution is -2.31. The number of hydrogen-bond donors (Lipinski definition) is 0. The van der Waals surface area contributed by atoms with Crippen molar-refractivity contribution in [3.8, 4) is 0 Å². The molecule has 2 aromatic carbocycles. The quantitative estimate of drug-likeness (QED) is 0.745. The van der Waals surface area contributed by atoms with Crippen LogP contribution in [0.4, 0.5) is 4.39 Å². The minimum absolute atomic E-state index is 0.123. The molecule has 124 valence electrons. The smallest absolute Gasteiger partial charge is 0.212 e. The van der Waals surface area contributed by atoms with E-state index >= 15 is 0 Å². The summed E-state index contributed by atoms with van der Waals surface area (Å²) in [5.74, 6) is -0.576. The van der Waals surface area contributed by atoms with Crippen LogP contribution >= 0.6 is 23.2 Å². The molecule has 2 rings (SSSR count). The van der Waals surface area contributed by atoms with Crippen LogP contribution in [0.15, 0.2) is 42.5 Å². The summed E-state index contributed by atoms with van der Waals surface area (Å²) in [5, 5.41) is 0.687. The van der Waals surface area contributed by atoms with Crippen molar-refractivity contribution < 1.29 is 12.8 Å². The Labute approximate surface area is 145 Å². The Kier molecular flexibility index (Phi) is 6.03. The van der Waals surface area contributed by atoms with Crippen LogP contribution in [0.25, 0.3) is 0 Å². The van der Waals surface area contributed by atoms with Crippen LogP contribution < -0.4 is 0 Å². The number of nitrogens with zero attached hydrogens (tertiary/aromatic N) is 1. The lowest BCUT2D eigenvalue weighted by atomic mass is 10.2. The third-order valence-corrected chi connectivity index (χ3v) is 5.94. The molecule has 0 spiro atoms. The van der Waals surface area contributed by atoms with Crippen molar-refractivity contribution in [2.75, 3.05) is 6.54 Å². The van der Waals surface area contributed by atoms with Gasteiger partial charge in [-0.25, -0.2) is 12.8 Å². The molecular formula is C16H16Cl2FNO2S. The van der Waals surface area contributed by atoms with Crippen LogP contribution in [-0.4, -0.2) is 19.3 Å². The molecule has 0 N–H and O–H groups in total. The molecule has 23 heavy (non-hydrogen) atoms. The van der Waals surface area contributed by atoms with Crippen molar-refractivity contribution in [3.63, 3.8) is 0 Å². The van der Waals surface area contributed by atoms with Crippen molar-refractivity contribution in [1.82, 2.24) is 4.31 Å². The van der Waals surface area contributed by atoms with E-state index in [0.717, 1.165) is 0 Å². The van der Waals surface area contributed by atoms with E-state index in [1.54, 1.807) is 31.2 Å². The Morgan fingerprint density at radius 1 is 1.04 bits per heavy atom. The largest absolute Gasteiger partial charge is 0.218 e. The molecule has 0 aliphatic heterocycles. The predicted octanol–water partition coefficient (Wildman–Crippen LogP) is 4.48. The van der Waals surface area contributed by atoms with Gasteiger partial charge in [-0.1, -0.05) is 48.3 Å². The summed E-state index contributed by atoms with van der Waals surface area (Å²) < 4.78 is 39.7. The molecule has 0 amide bonds. The summed E-state index contributed by atoms with van der Waals surface area (Å²) >= 11 is 11.8.